The molecule has 0 radical (unpaired) electrons. The molecule has 0 saturated heterocycles. The van der Waals surface area contributed by atoms with Crippen LogP contribution in [-0.4, -0.2) is 25.2 Å². The second kappa shape index (κ2) is 4.94. The molecule has 2 rings (SSSR count). The minimum absolute atomic E-state index is 0.704. The molecule has 0 fully saturated rings. The minimum atomic E-state index is 0.704. The highest BCUT2D eigenvalue weighted by atomic mass is 16.5. The summed E-state index contributed by atoms with van der Waals surface area (Å²) in [5.74, 6) is 0. The highest BCUT2D eigenvalue weighted by Crippen LogP contribution is 2.25. The lowest BCUT2D eigenvalue weighted by molar-refractivity contribution is 0.211. The Labute approximate surface area is 95.5 Å². The molecule has 0 spiro atoms. The van der Waals surface area contributed by atoms with Crippen LogP contribution in [0.2, 0.25) is 0 Å². The normalized spacial score (nSPS) is 10.6. The number of pyridine rings is 1. The lowest BCUT2D eigenvalue weighted by Gasteiger charge is -2.11. The summed E-state index contributed by atoms with van der Waals surface area (Å²) < 4.78 is 5.04. The summed E-state index contributed by atoms with van der Waals surface area (Å²) in [6.07, 6.45) is 1.82. The third-order valence-corrected chi connectivity index (χ3v) is 2.60. The van der Waals surface area contributed by atoms with Crippen LogP contribution in [0.15, 0.2) is 30.5 Å². The molecule has 1 heterocycles. The van der Waals surface area contributed by atoms with Gasteiger partial charge in [0.05, 0.1) is 12.1 Å². The summed E-state index contributed by atoms with van der Waals surface area (Å²) >= 11 is 0. The highest BCUT2D eigenvalue weighted by molar-refractivity contribution is 5.92. The largest absolute Gasteiger partial charge is 0.383 e. The van der Waals surface area contributed by atoms with Crippen molar-refractivity contribution in [1.82, 2.24) is 4.98 Å². The van der Waals surface area contributed by atoms with Gasteiger partial charge in [0.15, 0.2) is 0 Å². The van der Waals surface area contributed by atoms with Crippen molar-refractivity contribution in [2.24, 2.45) is 0 Å². The average Bonchev–Trinajstić information content (AvgIpc) is 2.32. The number of hydrogen-bond acceptors (Lipinski definition) is 3. The van der Waals surface area contributed by atoms with E-state index in [0.717, 1.165) is 17.7 Å². The number of nitrogens with one attached hydrogen (secondary N) is 1. The van der Waals surface area contributed by atoms with Gasteiger partial charge in [-0.25, -0.2) is 0 Å². The van der Waals surface area contributed by atoms with Crippen LogP contribution in [0.1, 0.15) is 5.56 Å². The van der Waals surface area contributed by atoms with Crippen LogP contribution >= 0.6 is 0 Å². The number of ether oxygens (including phenoxy) is 1. The molecule has 3 heteroatoms. The summed E-state index contributed by atoms with van der Waals surface area (Å²) in [6, 6.07) is 8.18. The number of benzene rings is 1. The van der Waals surface area contributed by atoms with Gasteiger partial charge in [-0.05, 0) is 30.7 Å². The zero-order valence-corrected chi connectivity index (χ0v) is 9.66. The Bertz CT molecular complexity index is 482. The molecule has 0 atom stereocenters. The molecule has 0 saturated carbocycles. The molecule has 2 aromatic rings. The molecule has 84 valence electrons. The highest BCUT2D eigenvalue weighted by Gasteiger charge is 2.03. The Kier molecular flexibility index (Phi) is 3.37. The first-order valence-corrected chi connectivity index (χ1v) is 5.40. The molecule has 1 N–H and O–H groups in total. The standard InChI is InChI=1S/C13H16N2O/c1-10-5-6-12-11(4-3-7-14-12)13(10)15-8-9-16-2/h3-7,15H,8-9H2,1-2H3. The Hall–Kier alpha value is -1.61. The van der Waals surface area contributed by atoms with E-state index < -0.39 is 0 Å². The van der Waals surface area contributed by atoms with E-state index >= 15 is 0 Å². The van der Waals surface area contributed by atoms with Crippen molar-refractivity contribution in [3.05, 3.63) is 36.0 Å². The van der Waals surface area contributed by atoms with Crippen molar-refractivity contribution < 1.29 is 4.74 Å². The van der Waals surface area contributed by atoms with Gasteiger partial charge < -0.3 is 10.1 Å². The Morgan fingerprint density at radius 1 is 1.31 bits per heavy atom. The summed E-state index contributed by atoms with van der Waals surface area (Å²) in [4.78, 5) is 4.34. The van der Waals surface area contributed by atoms with Crippen LogP contribution in [0, 0.1) is 6.92 Å². The summed E-state index contributed by atoms with van der Waals surface area (Å²) in [5.41, 5.74) is 3.41. The van der Waals surface area contributed by atoms with Gasteiger partial charge in [0, 0.05) is 30.9 Å². The molecule has 0 unspecified atom stereocenters. The van der Waals surface area contributed by atoms with Crippen LogP contribution in [0.25, 0.3) is 10.9 Å². The topological polar surface area (TPSA) is 34.1 Å². The number of rotatable bonds is 4. The predicted molar refractivity (Wildman–Crippen MR) is 66.8 cm³/mol. The van der Waals surface area contributed by atoms with Gasteiger partial charge in [-0.2, -0.15) is 0 Å². The predicted octanol–water partition coefficient (Wildman–Crippen LogP) is 2.60. The quantitative estimate of drug-likeness (QED) is 0.798. The smallest absolute Gasteiger partial charge is 0.0722 e. The lowest BCUT2D eigenvalue weighted by atomic mass is 10.1. The minimum Gasteiger partial charge on any atom is -0.383 e. The van der Waals surface area contributed by atoms with Crippen LogP contribution in [0.4, 0.5) is 5.69 Å². The molecule has 1 aromatic heterocycles. The monoisotopic (exact) mass is 216 g/mol. The molecule has 0 amide bonds. The van der Waals surface area contributed by atoms with E-state index in [4.69, 9.17) is 4.74 Å². The number of aromatic nitrogens is 1. The van der Waals surface area contributed by atoms with Gasteiger partial charge in [-0.1, -0.05) is 6.07 Å². The first kappa shape index (κ1) is 10.9. The SMILES string of the molecule is COCCNc1c(C)ccc2ncccc12. The molecule has 0 aliphatic heterocycles. The van der Waals surface area contributed by atoms with E-state index in [2.05, 4.69) is 29.4 Å². The van der Waals surface area contributed by atoms with Gasteiger partial charge in [0.1, 0.15) is 0 Å². The second-order valence-corrected chi connectivity index (χ2v) is 3.75. The van der Waals surface area contributed by atoms with Crippen molar-refractivity contribution in [3.63, 3.8) is 0 Å². The maximum Gasteiger partial charge on any atom is 0.0722 e. The second-order valence-electron chi connectivity index (χ2n) is 3.75. The third-order valence-electron chi connectivity index (χ3n) is 2.60. The van der Waals surface area contributed by atoms with Gasteiger partial charge in [0.2, 0.25) is 0 Å². The van der Waals surface area contributed by atoms with Gasteiger partial charge >= 0.3 is 0 Å². The fourth-order valence-corrected chi connectivity index (χ4v) is 1.77. The number of hydrogen-bond donors (Lipinski definition) is 1. The van der Waals surface area contributed by atoms with E-state index in [1.54, 1.807) is 7.11 Å². The number of aryl methyl sites for hydroxylation is 1. The molecule has 0 aliphatic carbocycles. The van der Waals surface area contributed by atoms with Crippen LogP contribution in [0.5, 0.6) is 0 Å². The third kappa shape index (κ3) is 2.14. The van der Waals surface area contributed by atoms with E-state index in [0.29, 0.717) is 6.61 Å². The molecule has 0 aliphatic rings. The van der Waals surface area contributed by atoms with Crippen LogP contribution < -0.4 is 5.32 Å². The zero-order chi connectivity index (χ0) is 11.4. The maximum absolute atomic E-state index is 5.04. The fraction of sp³-hybridized carbons (Fsp3) is 0.308. The first-order chi connectivity index (χ1) is 7.83. The van der Waals surface area contributed by atoms with E-state index in [-0.39, 0.29) is 0 Å². The Balaban J connectivity index is 2.37. The van der Waals surface area contributed by atoms with Crippen molar-refractivity contribution in [1.29, 1.82) is 0 Å². The van der Waals surface area contributed by atoms with Gasteiger partial charge in [-0.3, -0.25) is 4.98 Å². The fourth-order valence-electron chi connectivity index (χ4n) is 1.77. The zero-order valence-electron chi connectivity index (χ0n) is 9.66. The Morgan fingerprint density at radius 3 is 3.00 bits per heavy atom. The van der Waals surface area contributed by atoms with Crippen LogP contribution in [0.3, 0.4) is 0 Å². The summed E-state index contributed by atoms with van der Waals surface area (Å²) in [5, 5.41) is 4.56. The molecular weight excluding hydrogens is 200 g/mol. The van der Waals surface area contributed by atoms with Gasteiger partial charge in [-0.15, -0.1) is 0 Å². The van der Waals surface area contributed by atoms with E-state index in [1.165, 1.54) is 10.9 Å². The first-order valence-electron chi connectivity index (χ1n) is 5.40. The number of fused-ring (bicyclic) bond motifs is 1. The van der Waals surface area contributed by atoms with Crippen LogP contribution in [-0.2, 0) is 4.74 Å². The number of nitrogens with zero attached hydrogens (tertiary/aromatic N) is 1. The lowest BCUT2D eigenvalue weighted by Crippen LogP contribution is -2.09. The van der Waals surface area contributed by atoms with Crippen molar-refractivity contribution >= 4 is 16.6 Å². The van der Waals surface area contributed by atoms with Crippen molar-refractivity contribution in [3.8, 4) is 0 Å². The van der Waals surface area contributed by atoms with Gasteiger partial charge in [0.25, 0.3) is 0 Å². The summed E-state index contributed by atoms with van der Waals surface area (Å²) in [7, 11) is 1.71. The number of anilines is 1. The molecule has 16 heavy (non-hydrogen) atoms. The average molecular weight is 216 g/mol. The number of methoxy groups -OCH3 is 1. The molecule has 1 aromatic carbocycles. The van der Waals surface area contributed by atoms with Crippen molar-refractivity contribution in [2.75, 3.05) is 25.6 Å². The Morgan fingerprint density at radius 2 is 2.19 bits per heavy atom. The van der Waals surface area contributed by atoms with Crippen molar-refractivity contribution in [2.45, 2.75) is 6.92 Å². The van der Waals surface area contributed by atoms with E-state index in [9.17, 15) is 0 Å². The molecule has 3 nitrogen and oxygen atoms in total. The molecule has 0 bridgehead atoms. The summed E-state index contributed by atoms with van der Waals surface area (Å²) in [6.45, 7) is 3.61. The molecular formula is C13H16N2O. The maximum atomic E-state index is 5.04. The van der Waals surface area contributed by atoms with E-state index in [1.807, 2.05) is 18.3 Å².